The Labute approximate surface area is 139 Å². The molecule has 0 N–H and O–H groups in total. The molecule has 20 heavy (non-hydrogen) atoms. The number of carbonyl (C=O) groups excluding carboxylic acids is 1. The molecule has 6 heteroatoms. The summed E-state index contributed by atoms with van der Waals surface area (Å²) in [5, 5.41) is 0. The number of amides is 1. The normalized spacial score (nSPS) is 10.8. The lowest BCUT2D eigenvalue weighted by Gasteiger charge is -2.25. The van der Waals surface area contributed by atoms with Crippen molar-refractivity contribution in [2.75, 3.05) is 0 Å². The molecule has 2 aromatic heterocycles. The molecule has 0 aliphatic heterocycles. The summed E-state index contributed by atoms with van der Waals surface area (Å²) >= 11 is 8.28. The van der Waals surface area contributed by atoms with Crippen molar-refractivity contribution in [3.63, 3.8) is 0 Å². The van der Waals surface area contributed by atoms with Crippen LogP contribution in [0.2, 0.25) is 0 Å². The molecular weight excluding hydrogens is 404 g/mol. The van der Waals surface area contributed by atoms with Crippen molar-refractivity contribution in [1.82, 2.24) is 9.88 Å². The zero-order chi connectivity index (χ0) is 14.7. The summed E-state index contributed by atoms with van der Waals surface area (Å²) in [6.07, 6.45) is 1.75. The SMILES string of the molecule is CC(C)N(Cc1ccccn1)C(=O)c1cc(Br)c(Br)s1. The first-order valence-electron chi connectivity index (χ1n) is 6.14. The number of hydrogen-bond donors (Lipinski definition) is 0. The van der Waals surface area contributed by atoms with Crippen LogP contribution in [0.4, 0.5) is 0 Å². The van der Waals surface area contributed by atoms with E-state index >= 15 is 0 Å². The van der Waals surface area contributed by atoms with Crippen LogP contribution in [-0.4, -0.2) is 21.8 Å². The molecule has 0 aliphatic carbocycles. The van der Waals surface area contributed by atoms with Gasteiger partial charge < -0.3 is 4.90 Å². The van der Waals surface area contributed by atoms with Crippen LogP contribution in [-0.2, 0) is 6.54 Å². The van der Waals surface area contributed by atoms with Gasteiger partial charge in [0, 0.05) is 16.7 Å². The third kappa shape index (κ3) is 3.68. The van der Waals surface area contributed by atoms with E-state index in [4.69, 9.17) is 0 Å². The van der Waals surface area contributed by atoms with E-state index in [1.165, 1.54) is 11.3 Å². The Morgan fingerprint density at radius 1 is 1.40 bits per heavy atom. The van der Waals surface area contributed by atoms with Gasteiger partial charge in [-0.2, -0.15) is 0 Å². The fourth-order valence-corrected chi connectivity index (χ4v) is 3.74. The van der Waals surface area contributed by atoms with Crippen molar-refractivity contribution < 1.29 is 4.79 Å². The van der Waals surface area contributed by atoms with E-state index in [1.807, 2.05) is 43.0 Å². The highest BCUT2D eigenvalue weighted by Gasteiger charge is 2.22. The number of thiophene rings is 1. The summed E-state index contributed by atoms with van der Waals surface area (Å²) in [7, 11) is 0. The van der Waals surface area contributed by atoms with Gasteiger partial charge in [-0.05, 0) is 63.9 Å². The van der Waals surface area contributed by atoms with E-state index in [0.717, 1.165) is 14.0 Å². The molecule has 2 heterocycles. The number of aromatic nitrogens is 1. The topological polar surface area (TPSA) is 33.2 Å². The van der Waals surface area contributed by atoms with Gasteiger partial charge in [-0.3, -0.25) is 9.78 Å². The lowest BCUT2D eigenvalue weighted by molar-refractivity contribution is 0.0693. The summed E-state index contributed by atoms with van der Waals surface area (Å²) in [5.74, 6) is 0.0297. The van der Waals surface area contributed by atoms with Crippen LogP contribution < -0.4 is 0 Å². The molecule has 0 aliphatic rings. The Balaban J connectivity index is 2.22. The van der Waals surface area contributed by atoms with Crippen molar-refractivity contribution in [2.45, 2.75) is 26.4 Å². The molecule has 0 aromatic carbocycles. The molecule has 0 atom stereocenters. The second kappa shape index (κ2) is 6.83. The van der Waals surface area contributed by atoms with E-state index in [-0.39, 0.29) is 11.9 Å². The van der Waals surface area contributed by atoms with E-state index in [0.29, 0.717) is 11.4 Å². The van der Waals surface area contributed by atoms with Gasteiger partial charge in [-0.15, -0.1) is 11.3 Å². The molecule has 0 bridgehead atoms. The van der Waals surface area contributed by atoms with E-state index in [1.54, 1.807) is 6.20 Å². The van der Waals surface area contributed by atoms with Gasteiger partial charge in [-0.25, -0.2) is 0 Å². The average molecular weight is 418 g/mol. The van der Waals surface area contributed by atoms with E-state index in [9.17, 15) is 4.79 Å². The van der Waals surface area contributed by atoms with Crippen molar-refractivity contribution in [2.24, 2.45) is 0 Å². The van der Waals surface area contributed by atoms with Crippen LogP contribution in [0.3, 0.4) is 0 Å². The summed E-state index contributed by atoms with van der Waals surface area (Å²) in [6, 6.07) is 7.71. The van der Waals surface area contributed by atoms with E-state index < -0.39 is 0 Å². The number of nitrogens with zero attached hydrogens (tertiary/aromatic N) is 2. The fourth-order valence-electron chi connectivity index (χ4n) is 1.75. The van der Waals surface area contributed by atoms with Crippen LogP contribution in [0.1, 0.15) is 29.2 Å². The molecule has 0 unspecified atom stereocenters. The second-order valence-electron chi connectivity index (χ2n) is 4.58. The van der Waals surface area contributed by atoms with Crippen LogP contribution in [0.25, 0.3) is 0 Å². The summed E-state index contributed by atoms with van der Waals surface area (Å²) in [5.41, 5.74) is 0.893. The van der Waals surface area contributed by atoms with Crippen molar-refractivity contribution in [1.29, 1.82) is 0 Å². The number of hydrogen-bond acceptors (Lipinski definition) is 3. The molecule has 0 radical (unpaired) electrons. The molecule has 0 fully saturated rings. The fraction of sp³-hybridized carbons (Fsp3) is 0.286. The first-order chi connectivity index (χ1) is 9.49. The molecule has 0 spiro atoms. The second-order valence-corrected chi connectivity index (χ2v) is 7.80. The van der Waals surface area contributed by atoms with Crippen molar-refractivity contribution in [3.8, 4) is 0 Å². The largest absolute Gasteiger partial charge is 0.330 e. The van der Waals surface area contributed by atoms with Crippen molar-refractivity contribution >= 4 is 49.1 Å². The third-order valence-corrected chi connectivity index (χ3v) is 6.04. The van der Waals surface area contributed by atoms with Crippen LogP contribution in [0.15, 0.2) is 38.7 Å². The van der Waals surface area contributed by atoms with Gasteiger partial charge in [0.25, 0.3) is 5.91 Å². The average Bonchev–Trinajstić information content (AvgIpc) is 2.76. The molecule has 0 saturated heterocycles. The number of pyridine rings is 1. The zero-order valence-electron chi connectivity index (χ0n) is 11.1. The minimum atomic E-state index is 0.0297. The maximum atomic E-state index is 12.6. The third-order valence-electron chi connectivity index (χ3n) is 2.80. The molecule has 1 amide bonds. The Hall–Kier alpha value is -0.720. The molecule has 106 valence electrons. The first-order valence-corrected chi connectivity index (χ1v) is 8.55. The standard InChI is InChI=1S/C14H14Br2N2OS/c1-9(2)18(8-10-5-3-4-6-17-10)14(19)12-7-11(15)13(16)20-12/h3-7,9H,8H2,1-2H3. The maximum Gasteiger partial charge on any atom is 0.264 e. The predicted molar refractivity (Wildman–Crippen MR) is 89.0 cm³/mol. The first kappa shape index (κ1) is 15.7. The predicted octanol–water partition coefficient (Wildman–Crippen LogP) is 4.72. The summed E-state index contributed by atoms with van der Waals surface area (Å²) in [6.45, 7) is 4.54. The van der Waals surface area contributed by atoms with Gasteiger partial charge in [0.2, 0.25) is 0 Å². The Kier molecular flexibility index (Phi) is 5.35. The Bertz CT molecular complexity index is 579. The van der Waals surface area contributed by atoms with Crippen LogP contribution in [0.5, 0.6) is 0 Å². The van der Waals surface area contributed by atoms with Gasteiger partial charge in [0.1, 0.15) is 0 Å². The molecule has 2 aromatic rings. The highest BCUT2D eigenvalue weighted by Crippen LogP contribution is 2.33. The summed E-state index contributed by atoms with van der Waals surface area (Å²) < 4.78 is 1.84. The number of carbonyl (C=O) groups is 1. The van der Waals surface area contributed by atoms with Gasteiger partial charge in [0.15, 0.2) is 0 Å². The maximum absolute atomic E-state index is 12.6. The van der Waals surface area contributed by atoms with Crippen LogP contribution >= 0.6 is 43.2 Å². The van der Waals surface area contributed by atoms with Gasteiger partial charge >= 0.3 is 0 Å². The van der Waals surface area contributed by atoms with Gasteiger partial charge in [0.05, 0.1) is 20.9 Å². The molecule has 3 nitrogen and oxygen atoms in total. The van der Waals surface area contributed by atoms with Crippen molar-refractivity contribution in [3.05, 3.63) is 49.3 Å². The number of rotatable bonds is 4. The Morgan fingerprint density at radius 2 is 2.15 bits per heavy atom. The Morgan fingerprint density at radius 3 is 2.65 bits per heavy atom. The van der Waals surface area contributed by atoms with Gasteiger partial charge in [-0.1, -0.05) is 6.07 Å². The minimum Gasteiger partial charge on any atom is -0.330 e. The smallest absolute Gasteiger partial charge is 0.264 e. The highest BCUT2D eigenvalue weighted by atomic mass is 79.9. The summed E-state index contributed by atoms with van der Waals surface area (Å²) in [4.78, 5) is 19.5. The molecule has 0 saturated carbocycles. The lowest BCUT2D eigenvalue weighted by atomic mass is 10.2. The van der Waals surface area contributed by atoms with E-state index in [2.05, 4.69) is 36.8 Å². The highest BCUT2D eigenvalue weighted by molar-refractivity contribution is 9.13. The van der Waals surface area contributed by atoms with Crippen LogP contribution in [0, 0.1) is 0 Å². The molecular formula is C14H14Br2N2OS. The zero-order valence-corrected chi connectivity index (χ0v) is 15.1. The molecule has 2 rings (SSSR count). The quantitative estimate of drug-likeness (QED) is 0.720. The number of halogens is 2. The minimum absolute atomic E-state index is 0.0297. The monoisotopic (exact) mass is 416 g/mol. The lowest BCUT2D eigenvalue weighted by Crippen LogP contribution is -2.36.